The molecule has 0 saturated heterocycles. The number of carbonyl (C=O) groups is 1. The van der Waals surface area contributed by atoms with Crippen LogP contribution >= 0.6 is 0 Å². The molecule has 12 heteroatoms. The molecule has 1 N–H and O–H groups in total. The quantitative estimate of drug-likeness (QED) is 0.468. The first-order valence-electron chi connectivity index (χ1n) is 11.0. The van der Waals surface area contributed by atoms with Crippen LogP contribution in [0.4, 0.5) is 30.7 Å². The van der Waals surface area contributed by atoms with Crippen LogP contribution in [0.3, 0.4) is 0 Å². The topological polar surface area (TPSA) is 59.0 Å². The third-order valence-electron chi connectivity index (χ3n) is 5.86. The molecule has 0 saturated carbocycles. The van der Waals surface area contributed by atoms with Crippen molar-refractivity contribution in [2.45, 2.75) is 25.4 Å². The molecule has 4 rings (SSSR count). The number of halogens is 7. The summed E-state index contributed by atoms with van der Waals surface area (Å²) in [5.41, 5.74) is -2.69. The summed E-state index contributed by atoms with van der Waals surface area (Å²) in [5, 5.41) is 9.17. The van der Waals surface area contributed by atoms with E-state index in [4.69, 9.17) is 9.47 Å². The summed E-state index contributed by atoms with van der Waals surface area (Å²) in [5.74, 6) is -1.66. The highest BCUT2D eigenvalue weighted by Gasteiger charge is 2.43. The molecule has 0 amide bonds. The number of carboxylic acid groups (broad SMARTS) is 1. The van der Waals surface area contributed by atoms with Crippen molar-refractivity contribution < 1.29 is 50.1 Å². The number of rotatable bonds is 6. The van der Waals surface area contributed by atoms with Crippen LogP contribution < -0.4 is 9.47 Å². The van der Waals surface area contributed by atoms with E-state index in [1.165, 1.54) is 6.07 Å². The van der Waals surface area contributed by atoms with Crippen molar-refractivity contribution in [3.05, 3.63) is 75.6 Å². The Labute approximate surface area is 206 Å². The van der Waals surface area contributed by atoms with E-state index in [1.807, 2.05) is 4.90 Å². The zero-order valence-electron chi connectivity index (χ0n) is 19.0. The van der Waals surface area contributed by atoms with Crippen LogP contribution in [-0.2, 0) is 23.8 Å². The van der Waals surface area contributed by atoms with Crippen LogP contribution in [0.2, 0.25) is 0 Å². The van der Waals surface area contributed by atoms with Gasteiger partial charge in [0.2, 0.25) is 0 Å². The predicted octanol–water partition coefficient (Wildman–Crippen LogP) is 5.93. The van der Waals surface area contributed by atoms with Gasteiger partial charge in [0.25, 0.3) is 0 Å². The minimum absolute atomic E-state index is 0.0752. The molecule has 0 bridgehead atoms. The first-order chi connectivity index (χ1) is 17.3. The molecule has 2 aliphatic rings. The van der Waals surface area contributed by atoms with Crippen molar-refractivity contribution >= 4 is 12.0 Å². The molecular weight excluding hydrogens is 511 g/mol. The second-order valence-electron chi connectivity index (χ2n) is 8.61. The molecule has 2 aromatic rings. The zero-order valence-corrected chi connectivity index (χ0v) is 19.0. The van der Waals surface area contributed by atoms with E-state index < -0.39 is 41.9 Å². The fourth-order valence-corrected chi connectivity index (χ4v) is 4.13. The second kappa shape index (κ2) is 10.1. The molecule has 37 heavy (non-hydrogen) atoms. The number of benzene rings is 2. The van der Waals surface area contributed by atoms with Crippen LogP contribution in [0, 0.1) is 5.82 Å². The van der Waals surface area contributed by atoms with Crippen molar-refractivity contribution in [1.82, 2.24) is 4.90 Å². The molecule has 198 valence electrons. The van der Waals surface area contributed by atoms with Crippen LogP contribution in [0.5, 0.6) is 11.5 Å². The smallest absolute Gasteiger partial charge is 0.417 e. The van der Waals surface area contributed by atoms with Crippen LogP contribution in [0.15, 0.2) is 47.6 Å². The maximum absolute atomic E-state index is 14.8. The molecule has 0 fully saturated rings. The van der Waals surface area contributed by atoms with E-state index in [2.05, 4.69) is 0 Å². The van der Waals surface area contributed by atoms with Gasteiger partial charge in [-0.25, -0.2) is 9.18 Å². The highest BCUT2D eigenvalue weighted by atomic mass is 19.4. The van der Waals surface area contributed by atoms with Gasteiger partial charge in [-0.15, -0.1) is 0 Å². The molecule has 0 aromatic heterocycles. The second-order valence-corrected chi connectivity index (χ2v) is 8.61. The molecule has 0 radical (unpaired) electrons. The normalized spacial score (nSPS) is 16.4. The highest BCUT2D eigenvalue weighted by molar-refractivity contribution is 5.87. The van der Waals surface area contributed by atoms with Crippen molar-refractivity contribution in [3.8, 4) is 11.5 Å². The van der Waals surface area contributed by atoms with Gasteiger partial charge in [-0.3, -0.25) is 4.90 Å². The lowest BCUT2D eigenvalue weighted by molar-refractivity contribution is -0.162. The summed E-state index contributed by atoms with van der Waals surface area (Å²) in [7, 11) is 0. The molecule has 0 aliphatic carbocycles. The minimum Gasteiger partial charge on any atom is -0.489 e. The Bertz CT molecular complexity index is 1260. The van der Waals surface area contributed by atoms with Crippen molar-refractivity contribution in [1.29, 1.82) is 0 Å². The molecule has 2 aromatic carbocycles. The van der Waals surface area contributed by atoms with E-state index >= 15 is 0 Å². The Morgan fingerprint density at radius 1 is 1.05 bits per heavy atom. The average molecular weight is 531 g/mol. The van der Waals surface area contributed by atoms with Crippen LogP contribution in [-0.4, -0.2) is 42.2 Å². The maximum atomic E-state index is 14.8. The van der Waals surface area contributed by atoms with Crippen LogP contribution in [0.1, 0.15) is 28.7 Å². The lowest BCUT2D eigenvalue weighted by Gasteiger charge is -2.28. The summed E-state index contributed by atoms with van der Waals surface area (Å²) in [4.78, 5) is 13.1. The molecule has 0 unspecified atom stereocenters. The summed E-state index contributed by atoms with van der Waals surface area (Å²) < 4.78 is 104. The van der Waals surface area contributed by atoms with Gasteiger partial charge >= 0.3 is 18.3 Å². The van der Waals surface area contributed by atoms with Gasteiger partial charge in [-0.05, 0) is 35.8 Å². The Balaban J connectivity index is 1.47. The number of carboxylic acids is 1. The molecule has 2 heterocycles. The van der Waals surface area contributed by atoms with Gasteiger partial charge in [0.05, 0.1) is 16.7 Å². The van der Waals surface area contributed by atoms with Gasteiger partial charge in [0.15, 0.2) is 0 Å². The summed E-state index contributed by atoms with van der Waals surface area (Å²) in [6, 6.07) is 3.90. The zero-order chi connectivity index (χ0) is 27.0. The maximum Gasteiger partial charge on any atom is 0.417 e. The Morgan fingerprint density at radius 2 is 1.78 bits per heavy atom. The number of hydrogen-bond donors (Lipinski definition) is 1. The third-order valence-corrected chi connectivity index (χ3v) is 5.86. The lowest BCUT2D eigenvalue weighted by Crippen LogP contribution is -2.35. The number of fused-ring (bicyclic) bond motifs is 1. The van der Waals surface area contributed by atoms with Crippen molar-refractivity contribution in [2.24, 2.45) is 0 Å². The van der Waals surface area contributed by atoms with E-state index in [9.17, 15) is 40.6 Å². The monoisotopic (exact) mass is 531 g/mol. The molecule has 5 nitrogen and oxygen atoms in total. The average Bonchev–Trinajstić information content (AvgIpc) is 2.82. The Hall–Kier alpha value is -3.54. The van der Waals surface area contributed by atoms with E-state index in [1.54, 1.807) is 12.2 Å². The third kappa shape index (κ3) is 6.24. The van der Waals surface area contributed by atoms with E-state index in [-0.39, 0.29) is 41.4 Å². The fourth-order valence-electron chi connectivity index (χ4n) is 4.13. The standard InChI is InChI=1S/C25H20F7NO4/c26-21-8-17(36-12-14-3-4-19(24(27,28)29)20(7-14)25(30,31)32)9-22-18(21)6-15(13-37-22)10-33-5-1-2-16(11-33)23(34)35/h2-4,6-9H,1,5,10-13H2,(H,34,35). The van der Waals surface area contributed by atoms with Gasteiger partial charge in [0.1, 0.15) is 30.5 Å². The minimum atomic E-state index is -5.23. The first-order valence-corrected chi connectivity index (χ1v) is 11.0. The lowest BCUT2D eigenvalue weighted by atomic mass is 10.0. The molecular formula is C25H20F7NO4. The van der Waals surface area contributed by atoms with E-state index in [0.717, 1.165) is 17.7 Å². The Morgan fingerprint density at radius 3 is 2.46 bits per heavy atom. The summed E-state index contributed by atoms with van der Waals surface area (Å²) in [6.07, 6.45) is -6.59. The largest absolute Gasteiger partial charge is 0.489 e. The van der Waals surface area contributed by atoms with E-state index in [0.29, 0.717) is 31.6 Å². The number of alkyl halides is 6. The SMILES string of the molecule is O=C(O)C1=CCCN(CC2=Cc3c(F)cc(OCc4ccc(C(F)(F)F)c(C(F)(F)F)c4)cc3OC2)C1. The fraction of sp³-hybridized carbons (Fsp3) is 0.320. The first kappa shape index (κ1) is 26.5. The van der Waals surface area contributed by atoms with Gasteiger partial charge in [-0.2, -0.15) is 26.3 Å². The highest BCUT2D eigenvalue weighted by Crippen LogP contribution is 2.41. The molecule has 0 atom stereocenters. The summed E-state index contributed by atoms with van der Waals surface area (Å²) >= 11 is 0. The number of aliphatic carboxylic acids is 1. The number of ether oxygens (including phenoxy) is 2. The van der Waals surface area contributed by atoms with Gasteiger partial charge in [0, 0.05) is 37.3 Å². The van der Waals surface area contributed by atoms with Gasteiger partial charge in [-0.1, -0.05) is 12.1 Å². The Kier molecular flexibility index (Phi) is 7.22. The summed E-state index contributed by atoms with van der Waals surface area (Å²) in [6.45, 7) is 0.823. The predicted molar refractivity (Wildman–Crippen MR) is 117 cm³/mol. The van der Waals surface area contributed by atoms with Gasteiger partial charge < -0.3 is 14.6 Å². The van der Waals surface area contributed by atoms with Crippen molar-refractivity contribution in [2.75, 3.05) is 26.2 Å². The number of nitrogens with zero attached hydrogens (tertiary/aromatic N) is 1. The molecule has 0 spiro atoms. The van der Waals surface area contributed by atoms with Crippen molar-refractivity contribution in [3.63, 3.8) is 0 Å². The number of hydrogen-bond acceptors (Lipinski definition) is 4. The van der Waals surface area contributed by atoms with Crippen LogP contribution in [0.25, 0.3) is 6.08 Å². The molecule has 2 aliphatic heterocycles.